The Morgan fingerprint density at radius 3 is 2.73 bits per heavy atom. The smallest absolute Gasteiger partial charge is 0.239 e. The Morgan fingerprint density at radius 1 is 1.23 bits per heavy atom. The highest BCUT2D eigenvalue weighted by Crippen LogP contribution is 2.21. The molecule has 0 bridgehead atoms. The molecule has 3 rings (SSSR count). The summed E-state index contributed by atoms with van der Waals surface area (Å²) in [6, 6.07) is 9.41. The van der Waals surface area contributed by atoms with Crippen LogP contribution in [0, 0.1) is 0 Å². The number of morpholine rings is 1. The third-order valence-corrected chi connectivity index (χ3v) is 4.40. The van der Waals surface area contributed by atoms with E-state index in [1.807, 2.05) is 35.2 Å². The molecule has 0 spiro atoms. The fourth-order valence-corrected chi connectivity index (χ4v) is 3.19. The van der Waals surface area contributed by atoms with Gasteiger partial charge >= 0.3 is 0 Å². The van der Waals surface area contributed by atoms with E-state index in [4.69, 9.17) is 15.2 Å². The minimum absolute atomic E-state index is 0.00940. The Balaban J connectivity index is 1.56. The molecule has 5 heteroatoms. The number of carbonyl (C=O) groups is 1. The molecule has 3 atom stereocenters. The van der Waals surface area contributed by atoms with Crippen LogP contribution >= 0.6 is 0 Å². The van der Waals surface area contributed by atoms with Crippen molar-refractivity contribution in [3.05, 3.63) is 35.9 Å². The van der Waals surface area contributed by atoms with E-state index in [9.17, 15) is 4.79 Å². The molecule has 1 aromatic carbocycles. The molecule has 0 aliphatic carbocycles. The van der Waals surface area contributed by atoms with E-state index in [2.05, 4.69) is 0 Å². The Hall–Kier alpha value is -1.43. The van der Waals surface area contributed by atoms with Gasteiger partial charge < -0.3 is 20.1 Å². The summed E-state index contributed by atoms with van der Waals surface area (Å²) >= 11 is 0. The molecular weight excluding hydrogens is 280 g/mol. The van der Waals surface area contributed by atoms with Crippen LogP contribution in [0.5, 0.6) is 0 Å². The number of amides is 1. The van der Waals surface area contributed by atoms with Crippen LogP contribution in [0.2, 0.25) is 0 Å². The van der Waals surface area contributed by atoms with Crippen molar-refractivity contribution in [1.29, 1.82) is 0 Å². The number of carbonyl (C=O) groups excluding carboxylic acids is 1. The number of ether oxygens (including phenoxy) is 2. The van der Waals surface area contributed by atoms with Gasteiger partial charge in [-0.15, -0.1) is 0 Å². The Labute approximate surface area is 131 Å². The molecule has 2 aliphatic rings. The normalized spacial score (nSPS) is 26.9. The number of rotatable bonds is 4. The first-order valence-electron chi connectivity index (χ1n) is 8.05. The van der Waals surface area contributed by atoms with Crippen molar-refractivity contribution in [3.63, 3.8) is 0 Å². The van der Waals surface area contributed by atoms with Gasteiger partial charge in [-0.3, -0.25) is 4.79 Å². The summed E-state index contributed by atoms with van der Waals surface area (Å²) in [7, 11) is 0. The Bertz CT molecular complexity index is 488. The predicted octanol–water partition coefficient (Wildman–Crippen LogP) is 0.963. The van der Waals surface area contributed by atoms with Crippen LogP contribution in [0.1, 0.15) is 18.4 Å². The average Bonchev–Trinajstić information content (AvgIpc) is 3.10. The van der Waals surface area contributed by atoms with Gasteiger partial charge in [0.25, 0.3) is 0 Å². The molecule has 22 heavy (non-hydrogen) atoms. The lowest BCUT2D eigenvalue weighted by molar-refractivity contribution is -0.146. The zero-order valence-corrected chi connectivity index (χ0v) is 12.8. The van der Waals surface area contributed by atoms with Gasteiger partial charge in [0, 0.05) is 19.7 Å². The summed E-state index contributed by atoms with van der Waals surface area (Å²) in [5.74, 6) is 0.00940. The number of hydrogen-bond acceptors (Lipinski definition) is 4. The summed E-state index contributed by atoms with van der Waals surface area (Å²) in [6.45, 7) is 2.57. The summed E-state index contributed by atoms with van der Waals surface area (Å²) < 4.78 is 11.5. The first-order chi connectivity index (χ1) is 10.7. The van der Waals surface area contributed by atoms with Gasteiger partial charge in [-0.25, -0.2) is 0 Å². The second kappa shape index (κ2) is 7.22. The van der Waals surface area contributed by atoms with Gasteiger partial charge in [-0.2, -0.15) is 0 Å². The molecule has 0 saturated carbocycles. The van der Waals surface area contributed by atoms with Crippen molar-refractivity contribution in [1.82, 2.24) is 4.90 Å². The molecule has 1 aromatic rings. The maximum Gasteiger partial charge on any atom is 0.239 e. The molecule has 2 fully saturated rings. The van der Waals surface area contributed by atoms with Crippen LogP contribution < -0.4 is 5.73 Å². The summed E-state index contributed by atoms with van der Waals surface area (Å²) in [4.78, 5) is 14.4. The van der Waals surface area contributed by atoms with Crippen molar-refractivity contribution in [2.45, 2.75) is 37.5 Å². The molecule has 0 radical (unpaired) electrons. The molecule has 0 unspecified atom stereocenters. The minimum Gasteiger partial charge on any atom is -0.375 e. The zero-order chi connectivity index (χ0) is 15.4. The van der Waals surface area contributed by atoms with Crippen LogP contribution in [-0.4, -0.2) is 55.4 Å². The quantitative estimate of drug-likeness (QED) is 0.900. The van der Waals surface area contributed by atoms with Crippen LogP contribution in [-0.2, 0) is 20.7 Å². The minimum atomic E-state index is -0.495. The molecular formula is C17H24N2O3. The van der Waals surface area contributed by atoms with E-state index in [1.54, 1.807) is 0 Å². The summed E-state index contributed by atoms with van der Waals surface area (Å²) in [6.07, 6.45) is 2.78. The monoisotopic (exact) mass is 304 g/mol. The molecule has 2 N–H and O–H groups in total. The van der Waals surface area contributed by atoms with Gasteiger partial charge in [-0.1, -0.05) is 30.3 Å². The third-order valence-electron chi connectivity index (χ3n) is 4.40. The number of hydrogen-bond donors (Lipinski definition) is 1. The standard InChI is InChI=1S/C17H24N2O3/c18-14(11-13-5-2-1-3-6-13)17(20)19-8-10-22-16(12-19)15-7-4-9-21-15/h1-3,5-6,14-16H,4,7-12,18H2/t14-,15-,16+/m1/s1. The summed E-state index contributed by atoms with van der Waals surface area (Å²) in [5, 5.41) is 0. The van der Waals surface area contributed by atoms with E-state index in [0.29, 0.717) is 26.1 Å². The fourth-order valence-electron chi connectivity index (χ4n) is 3.19. The van der Waals surface area contributed by atoms with E-state index in [0.717, 1.165) is 25.0 Å². The maximum atomic E-state index is 12.6. The number of benzene rings is 1. The largest absolute Gasteiger partial charge is 0.375 e. The number of nitrogens with two attached hydrogens (primary N) is 1. The predicted molar refractivity (Wildman–Crippen MR) is 83.4 cm³/mol. The lowest BCUT2D eigenvalue weighted by atomic mass is 10.0. The molecule has 0 aromatic heterocycles. The number of nitrogens with zero attached hydrogens (tertiary/aromatic N) is 1. The van der Waals surface area contributed by atoms with Crippen molar-refractivity contribution in [2.75, 3.05) is 26.3 Å². The second-order valence-corrected chi connectivity index (χ2v) is 6.04. The van der Waals surface area contributed by atoms with Gasteiger partial charge in [0.15, 0.2) is 0 Å². The van der Waals surface area contributed by atoms with E-state index < -0.39 is 6.04 Å². The van der Waals surface area contributed by atoms with Gasteiger partial charge in [-0.05, 0) is 24.8 Å². The molecule has 2 saturated heterocycles. The van der Waals surface area contributed by atoms with E-state index >= 15 is 0 Å². The van der Waals surface area contributed by atoms with Crippen molar-refractivity contribution < 1.29 is 14.3 Å². The van der Waals surface area contributed by atoms with Crippen molar-refractivity contribution in [3.8, 4) is 0 Å². The third kappa shape index (κ3) is 3.66. The molecule has 120 valence electrons. The van der Waals surface area contributed by atoms with Crippen LogP contribution in [0.3, 0.4) is 0 Å². The highest BCUT2D eigenvalue weighted by Gasteiger charge is 2.34. The highest BCUT2D eigenvalue weighted by molar-refractivity contribution is 5.82. The first kappa shape index (κ1) is 15.5. The van der Waals surface area contributed by atoms with Crippen LogP contribution in [0.15, 0.2) is 30.3 Å². The van der Waals surface area contributed by atoms with Gasteiger partial charge in [0.1, 0.15) is 6.10 Å². The lowest BCUT2D eigenvalue weighted by Crippen LogP contribution is -2.54. The maximum absolute atomic E-state index is 12.6. The first-order valence-corrected chi connectivity index (χ1v) is 8.05. The van der Waals surface area contributed by atoms with Crippen LogP contribution in [0.4, 0.5) is 0 Å². The lowest BCUT2D eigenvalue weighted by Gasteiger charge is -2.36. The van der Waals surface area contributed by atoms with Crippen LogP contribution in [0.25, 0.3) is 0 Å². The molecule has 1 amide bonds. The van der Waals surface area contributed by atoms with Crippen molar-refractivity contribution in [2.24, 2.45) is 5.73 Å². The average molecular weight is 304 g/mol. The highest BCUT2D eigenvalue weighted by atomic mass is 16.5. The fraction of sp³-hybridized carbons (Fsp3) is 0.588. The van der Waals surface area contributed by atoms with E-state index in [-0.39, 0.29) is 18.1 Å². The van der Waals surface area contributed by atoms with Gasteiger partial charge in [0.2, 0.25) is 5.91 Å². The zero-order valence-electron chi connectivity index (χ0n) is 12.8. The second-order valence-electron chi connectivity index (χ2n) is 6.04. The SMILES string of the molecule is N[C@H](Cc1ccccc1)C(=O)N1CCO[C@H]([C@H]2CCCO2)C1. The molecule has 2 heterocycles. The van der Waals surface area contributed by atoms with Crippen molar-refractivity contribution >= 4 is 5.91 Å². The molecule has 5 nitrogen and oxygen atoms in total. The Kier molecular flexibility index (Phi) is 5.08. The topological polar surface area (TPSA) is 64.8 Å². The van der Waals surface area contributed by atoms with Gasteiger partial charge in [0.05, 0.1) is 18.8 Å². The summed E-state index contributed by atoms with van der Waals surface area (Å²) in [5.41, 5.74) is 7.21. The van der Waals surface area contributed by atoms with E-state index in [1.165, 1.54) is 0 Å². The Morgan fingerprint density at radius 2 is 2.00 bits per heavy atom. The molecule has 2 aliphatic heterocycles.